The zero-order valence-electron chi connectivity index (χ0n) is 11.0. The molecule has 1 aliphatic heterocycles. The molecule has 2 nitrogen and oxygen atoms in total. The van der Waals surface area contributed by atoms with E-state index >= 15 is 0 Å². The highest BCUT2D eigenvalue weighted by Crippen LogP contribution is 2.27. The van der Waals surface area contributed by atoms with E-state index < -0.39 is 0 Å². The average molecular weight is 256 g/mol. The zero-order valence-corrected chi connectivity index (χ0v) is 11.0. The largest absolute Gasteiger partial charge is 0.384 e. The third-order valence-corrected chi connectivity index (χ3v) is 3.59. The summed E-state index contributed by atoms with van der Waals surface area (Å²) in [5.74, 6) is -0.165. The van der Waals surface area contributed by atoms with Crippen molar-refractivity contribution in [2.24, 2.45) is 0 Å². The number of hydrogen-bond acceptors (Lipinski definition) is 2. The minimum atomic E-state index is -0.165. The molecular formula is C16H17FN2. The van der Waals surface area contributed by atoms with Gasteiger partial charge in [0.15, 0.2) is 0 Å². The Morgan fingerprint density at radius 1 is 1.26 bits per heavy atom. The molecule has 0 spiro atoms. The molecule has 0 radical (unpaired) electrons. The summed E-state index contributed by atoms with van der Waals surface area (Å²) >= 11 is 0. The maximum Gasteiger partial charge on any atom is 0.128 e. The van der Waals surface area contributed by atoms with Crippen LogP contribution in [0.2, 0.25) is 0 Å². The summed E-state index contributed by atoms with van der Waals surface area (Å²) in [7, 11) is 0. The smallest absolute Gasteiger partial charge is 0.128 e. The Morgan fingerprint density at radius 3 is 3.00 bits per heavy atom. The van der Waals surface area contributed by atoms with Crippen molar-refractivity contribution in [1.82, 2.24) is 0 Å². The van der Waals surface area contributed by atoms with Crippen LogP contribution >= 0.6 is 0 Å². The summed E-state index contributed by atoms with van der Waals surface area (Å²) in [5, 5.41) is 6.69. The summed E-state index contributed by atoms with van der Waals surface area (Å²) in [5.41, 5.74) is 5.33. The fraction of sp³-hybridized carbons (Fsp3) is 0.250. The Bertz CT molecular complexity index is 608. The molecule has 0 fully saturated rings. The first kappa shape index (κ1) is 12.0. The Balaban J connectivity index is 1.76. The van der Waals surface area contributed by atoms with Crippen molar-refractivity contribution < 1.29 is 4.39 Å². The molecular weight excluding hydrogens is 239 g/mol. The molecule has 2 N–H and O–H groups in total. The molecule has 1 aliphatic rings. The van der Waals surface area contributed by atoms with Gasteiger partial charge in [-0.2, -0.15) is 0 Å². The summed E-state index contributed by atoms with van der Waals surface area (Å²) in [6.45, 7) is 3.48. The second kappa shape index (κ2) is 4.92. The van der Waals surface area contributed by atoms with Crippen LogP contribution < -0.4 is 10.6 Å². The molecule has 2 aromatic rings. The number of para-hydroxylation sites is 1. The number of rotatable bonds is 3. The Hall–Kier alpha value is -2.03. The van der Waals surface area contributed by atoms with Crippen molar-refractivity contribution in [2.45, 2.75) is 19.9 Å². The lowest BCUT2D eigenvalue weighted by atomic mass is 10.1. The maximum absolute atomic E-state index is 13.5. The summed E-state index contributed by atoms with van der Waals surface area (Å²) in [4.78, 5) is 0. The molecule has 98 valence electrons. The standard InChI is InChI=1S/C16H17FN2/c1-11-5-6-14(9-15(11)17)19-10-13-4-2-3-12-7-8-18-16(12)13/h2-6,9,18-19H,7-8,10H2,1H3. The van der Waals surface area contributed by atoms with Gasteiger partial charge in [0.05, 0.1) is 0 Å². The Labute approximate surface area is 112 Å². The van der Waals surface area contributed by atoms with Gasteiger partial charge in [0.2, 0.25) is 0 Å². The van der Waals surface area contributed by atoms with E-state index in [1.807, 2.05) is 6.07 Å². The fourth-order valence-corrected chi connectivity index (χ4v) is 2.46. The van der Waals surface area contributed by atoms with E-state index in [1.165, 1.54) is 16.8 Å². The number of nitrogens with one attached hydrogen (secondary N) is 2. The molecule has 0 atom stereocenters. The molecule has 0 aliphatic carbocycles. The highest BCUT2D eigenvalue weighted by molar-refractivity contribution is 5.62. The van der Waals surface area contributed by atoms with Crippen molar-refractivity contribution in [3.63, 3.8) is 0 Å². The van der Waals surface area contributed by atoms with E-state index in [1.54, 1.807) is 19.1 Å². The van der Waals surface area contributed by atoms with Gasteiger partial charge in [0.1, 0.15) is 5.82 Å². The topological polar surface area (TPSA) is 24.1 Å². The molecule has 1 heterocycles. The number of fused-ring (bicyclic) bond motifs is 1. The van der Waals surface area contributed by atoms with Gasteiger partial charge in [-0.3, -0.25) is 0 Å². The van der Waals surface area contributed by atoms with Crippen molar-refractivity contribution in [3.05, 3.63) is 58.9 Å². The van der Waals surface area contributed by atoms with Gasteiger partial charge in [0, 0.05) is 24.5 Å². The van der Waals surface area contributed by atoms with E-state index in [-0.39, 0.29) is 5.82 Å². The number of halogens is 1. The van der Waals surface area contributed by atoms with Crippen LogP contribution in [-0.2, 0) is 13.0 Å². The predicted molar refractivity (Wildman–Crippen MR) is 77.1 cm³/mol. The third-order valence-electron chi connectivity index (χ3n) is 3.59. The van der Waals surface area contributed by atoms with Crippen LogP contribution in [0.4, 0.5) is 15.8 Å². The number of anilines is 2. The molecule has 3 heteroatoms. The highest BCUT2D eigenvalue weighted by atomic mass is 19.1. The van der Waals surface area contributed by atoms with E-state index in [4.69, 9.17) is 0 Å². The van der Waals surface area contributed by atoms with Crippen LogP contribution in [0.5, 0.6) is 0 Å². The highest BCUT2D eigenvalue weighted by Gasteiger charge is 2.13. The van der Waals surface area contributed by atoms with Crippen LogP contribution in [0.25, 0.3) is 0 Å². The molecule has 0 aromatic heterocycles. The predicted octanol–water partition coefficient (Wildman–Crippen LogP) is 3.71. The summed E-state index contributed by atoms with van der Waals surface area (Å²) in [6, 6.07) is 11.6. The van der Waals surface area contributed by atoms with Gasteiger partial charge in [-0.25, -0.2) is 4.39 Å². The first-order chi connectivity index (χ1) is 9.24. The van der Waals surface area contributed by atoms with E-state index in [2.05, 4.69) is 28.8 Å². The van der Waals surface area contributed by atoms with Crippen LogP contribution in [0.15, 0.2) is 36.4 Å². The van der Waals surface area contributed by atoms with Crippen molar-refractivity contribution in [2.75, 3.05) is 17.2 Å². The SMILES string of the molecule is Cc1ccc(NCc2cccc3c2NCC3)cc1F. The van der Waals surface area contributed by atoms with Gasteiger partial charge < -0.3 is 10.6 Å². The lowest BCUT2D eigenvalue weighted by Crippen LogP contribution is -2.03. The van der Waals surface area contributed by atoms with Crippen LogP contribution in [-0.4, -0.2) is 6.54 Å². The lowest BCUT2D eigenvalue weighted by molar-refractivity contribution is 0.619. The van der Waals surface area contributed by atoms with Gasteiger partial charge in [-0.1, -0.05) is 24.3 Å². The van der Waals surface area contributed by atoms with E-state index in [9.17, 15) is 4.39 Å². The van der Waals surface area contributed by atoms with Gasteiger partial charge in [0.25, 0.3) is 0 Å². The van der Waals surface area contributed by atoms with Crippen molar-refractivity contribution >= 4 is 11.4 Å². The van der Waals surface area contributed by atoms with Crippen LogP contribution in [0, 0.1) is 12.7 Å². The summed E-state index contributed by atoms with van der Waals surface area (Å²) in [6.07, 6.45) is 1.09. The van der Waals surface area contributed by atoms with Crippen LogP contribution in [0.1, 0.15) is 16.7 Å². The van der Waals surface area contributed by atoms with E-state index in [0.29, 0.717) is 12.1 Å². The minimum absolute atomic E-state index is 0.165. The zero-order chi connectivity index (χ0) is 13.2. The molecule has 19 heavy (non-hydrogen) atoms. The molecule has 0 saturated carbocycles. The fourth-order valence-electron chi connectivity index (χ4n) is 2.46. The van der Waals surface area contributed by atoms with Gasteiger partial charge in [-0.15, -0.1) is 0 Å². The normalized spacial score (nSPS) is 12.9. The third kappa shape index (κ3) is 2.41. The summed E-state index contributed by atoms with van der Waals surface area (Å²) < 4.78 is 13.5. The van der Waals surface area contributed by atoms with Crippen molar-refractivity contribution in [1.29, 1.82) is 0 Å². The van der Waals surface area contributed by atoms with Crippen LogP contribution in [0.3, 0.4) is 0 Å². The quantitative estimate of drug-likeness (QED) is 0.874. The second-order valence-electron chi connectivity index (χ2n) is 4.95. The lowest BCUT2D eigenvalue weighted by Gasteiger charge is -2.11. The number of benzene rings is 2. The molecule has 0 amide bonds. The maximum atomic E-state index is 13.5. The first-order valence-electron chi connectivity index (χ1n) is 6.59. The van der Waals surface area contributed by atoms with E-state index in [0.717, 1.165) is 18.7 Å². The number of aryl methyl sites for hydroxylation is 1. The minimum Gasteiger partial charge on any atom is -0.384 e. The van der Waals surface area contributed by atoms with Gasteiger partial charge in [-0.05, 0) is 42.2 Å². The molecule has 2 aromatic carbocycles. The Kier molecular flexibility index (Phi) is 3.11. The average Bonchev–Trinajstić information content (AvgIpc) is 2.89. The van der Waals surface area contributed by atoms with Gasteiger partial charge >= 0.3 is 0 Å². The second-order valence-corrected chi connectivity index (χ2v) is 4.95. The first-order valence-corrected chi connectivity index (χ1v) is 6.59. The van der Waals surface area contributed by atoms with Crippen molar-refractivity contribution in [3.8, 4) is 0 Å². The molecule has 0 saturated heterocycles. The Morgan fingerprint density at radius 2 is 2.16 bits per heavy atom. The molecule has 3 rings (SSSR count). The molecule has 0 bridgehead atoms. The molecule has 0 unspecified atom stereocenters. The number of hydrogen-bond donors (Lipinski definition) is 2. The monoisotopic (exact) mass is 256 g/mol.